The van der Waals surface area contributed by atoms with Crippen LogP contribution in [0.3, 0.4) is 0 Å². The average Bonchev–Trinajstić information content (AvgIpc) is 2.85. The molecule has 5 nitrogen and oxygen atoms in total. The molecule has 0 bridgehead atoms. The van der Waals surface area contributed by atoms with Crippen LogP contribution in [0.5, 0.6) is 5.75 Å². The van der Waals surface area contributed by atoms with E-state index in [0.29, 0.717) is 12.3 Å². The fourth-order valence-corrected chi connectivity index (χ4v) is 2.08. The van der Waals surface area contributed by atoms with Crippen molar-refractivity contribution in [2.45, 2.75) is 32.9 Å². The van der Waals surface area contributed by atoms with E-state index in [-0.39, 0.29) is 0 Å². The van der Waals surface area contributed by atoms with E-state index in [0.717, 1.165) is 23.7 Å². The highest BCUT2D eigenvalue weighted by molar-refractivity contribution is 5.30. The summed E-state index contributed by atoms with van der Waals surface area (Å²) < 4.78 is 7.03. The number of aliphatic hydroxyl groups excluding tert-OH is 1. The Morgan fingerprint density at radius 1 is 1.35 bits per heavy atom. The van der Waals surface area contributed by atoms with E-state index in [4.69, 9.17) is 4.74 Å². The summed E-state index contributed by atoms with van der Waals surface area (Å²) in [5, 5.41) is 14.5. The molecular weight excluding hydrogens is 254 g/mol. The molecular formula is C15H21N3O2. The van der Waals surface area contributed by atoms with Crippen molar-refractivity contribution in [3.63, 3.8) is 0 Å². The summed E-state index contributed by atoms with van der Waals surface area (Å²) in [5.74, 6) is 2.03. The lowest BCUT2D eigenvalue weighted by Gasteiger charge is -2.13. The topological polar surface area (TPSA) is 60.2 Å². The zero-order valence-electron chi connectivity index (χ0n) is 12.2. The van der Waals surface area contributed by atoms with Gasteiger partial charge >= 0.3 is 0 Å². The Morgan fingerprint density at radius 3 is 2.85 bits per heavy atom. The molecule has 0 aliphatic heterocycles. The van der Waals surface area contributed by atoms with Crippen LogP contribution in [0, 0.1) is 5.92 Å². The first-order valence-electron chi connectivity index (χ1n) is 6.79. The number of aliphatic hydroxyl groups is 1. The zero-order chi connectivity index (χ0) is 14.5. The fraction of sp³-hybridized carbons (Fsp3) is 0.467. The third kappa shape index (κ3) is 3.57. The Labute approximate surface area is 119 Å². The van der Waals surface area contributed by atoms with Crippen molar-refractivity contribution in [1.82, 2.24) is 14.8 Å². The highest BCUT2D eigenvalue weighted by Gasteiger charge is 2.14. The molecule has 0 spiro atoms. The minimum Gasteiger partial charge on any atom is -0.497 e. The highest BCUT2D eigenvalue weighted by Crippen LogP contribution is 2.21. The van der Waals surface area contributed by atoms with Crippen LogP contribution in [-0.2, 0) is 13.0 Å². The van der Waals surface area contributed by atoms with Gasteiger partial charge in [0.25, 0.3) is 0 Å². The van der Waals surface area contributed by atoms with Gasteiger partial charge in [-0.3, -0.25) is 0 Å². The lowest BCUT2D eigenvalue weighted by molar-refractivity contribution is 0.173. The number of hydrogen-bond acceptors (Lipinski definition) is 4. The number of aromatic nitrogens is 3. The normalized spacial score (nSPS) is 12.7. The smallest absolute Gasteiger partial charge is 0.138 e. The summed E-state index contributed by atoms with van der Waals surface area (Å²) >= 11 is 0. The van der Waals surface area contributed by atoms with E-state index in [1.807, 2.05) is 28.9 Å². The van der Waals surface area contributed by atoms with Crippen LogP contribution in [0.4, 0.5) is 0 Å². The SMILES string of the molecule is COc1cccc(C(O)Cc2ncnn2CC(C)C)c1. The predicted octanol–water partition coefficient (Wildman–Crippen LogP) is 2.22. The molecule has 0 radical (unpaired) electrons. The first kappa shape index (κ1) is 14.5. The van der Waals surface area contributed by atoms with Crippen LogP contribution in [0.1, 0.15) is 31.3 Å². The van der Waals surface area contributed by atoms with Crippen LogP contribution >= 0.6 is 0 Å². The van der Waals surface area contributed by atoms with Gasteiger partial charge in [0.05, 0.1) is 13.2 Å². The average molecular weight is 275 g/mol. The van der Waals surface area contributed by atoms with Crippen molar-refractivity contribution < 1.29 is 9.84 Å². The molecule has 0 amide bonds. The Kier molecular flexibility index (Phi) is 4.74. The number of ether oxygens (including phenoxy) is 1. The number of nitrogens with zero attached hydrogens (tertiary/aromatic N) is 3. The highest BCUT2D eigenvalue weighted by atomic mass is 16.5. The number of rotatable bonds is 6. The van der Waals surface area contributed by atoms with Crippen molar-refractivity contribution in [1.29, 1.82) is 0 Å². The van der Waals surface area contributed by atoms with Crippen molar-refractivity contribution in [3.05, 3.63) is 42.0 Å². The molecule has 1 N–H and O–H groups in total. The minimum atomic E-state index is -0.611. The molecule has 1 heterocycles. The maximum absolute atomic E-state index is 10.3. The molecule has 1 aromatic carbocycles. The number of benzene rings is 1. The Bertz CT molecular complexity index is 552. The number of hydrogen-bond donors (Lipinski definition) is 1. The van der Waals surface area contributed by atoms with Gasteiger partial charge in [0, 0.05) is 13.0 Å². The second kappa shape index (κ2) is 6.52. The van der Waals surface area contributed by atoms with Crippen molar-refractivity contribution in [2.24, 2.45) is 5.92 Å². The van der Waals surface area contributed by atoms with E-state index in [1.165, 1.54) is 6.33 Å². The number of methoxy groups -OCH3 is 1. The van der Waals surface area contributed by atoms with Gasteiger partial charge in [-0.1, -0.05) is 26.0 Å². The van der Waals surface area contributed by atoms with Gasteiger partial charge < -0.3 is 9.84 Å². The summed E-state index contributed by atoms with van der Waals surface area (Å²) in [6.07, 6.45) is 1.37. The maximum atomic E-state index is 10.3. The monoisotopic (exact) mass is 275 g/mol. The first-order chi connectivity index (χ1) is 9.60. The standard InChI is InChI=1S/C15H21N3O2/c1-11(2)9-18-15(16-10-17-18)8-14(19)12-5-4-6-13(7-12)20-3/h4-7,10-11,14,19H,8-9H2,1-3H3. The zero-order valence-corrected chi connectivity index (χ0v) is 12.2. The van der Waals surface area contributed by atoms with Gasteiger partial charge in [-0.15, -0.1) is 0 Å². The van der Waals surface area contributed by atoms with E-state index >= 15 is 0 Å². The van der Waals surface area contributed by atoms with Crippen LogP contribution in [-0.4, -0.2) is 27.0 Å². The van der Waals surface area contributed by atoms with Gasteiger partial charge in [-0.25, -0.2) is 9.67 Å². The molecule has 20 heavy (non-hydrogen) atoms. The predicted molar refractivity (Wildman–Crippen MR) is 76.5 cm³/mol. The van der Waals surface area contributed by atoms with Gasteiger partial charge in [0.15, 0.2) is 0 Å². The summed E-state index contributed by atoms with van der Waals surface area (Å²) in [5.41, 5.74) is 0.823. The van der Waals surface area contributed by atoms with Crippen LogP contribution < -0.4 is 4.74 Å². The summed E-state index contributed by atoms with van der Waals surface area (Å²) in [7, 11) is 1.62. The third-order valence-corrected chi connectivity index (χ3v) is 3.09. The van der Waals surface area contributed by atoms with Crippen molar-refractivity contribution >= 4 is 0 Å². The van der Waals surface area contributed by atoms with E-state index in [2.05, 4.69) is 23.9 Å². The van der Waals surface area contributed by atoms with Crippen LogP contribution in [0.25, 0.3) is 0 Å². The molecule has 2 aromatic rings. The molecule has 1 atom stereocenters. The fourth-order valence-electron chi connectivity index (χ4n) is 2.08. The second-order valence-electron chi connectivity index (χ2n) is 5.25. The Hall–Kier alpha value is -1.88. The molecule has 0 saturated carbocycles. The summed E-state index contributed by atoms with van der Waals surface area (Å²) in [6.45, 7) is 5.06. The second-order valence-corrected chi connectivity index (χ2v) is 5.25. The van der Waals surface area contributed by atoms with Gasteiger partial charge in [-0.05, 0) is 23.6 Å². The molecule has 1 aromatic heterocycles. The lowest BCUT2D eigenvalue weighted by atomic mass is 10.1. The molecule has 0 fully saturated rings. The van der Waals surface area contributed by atoms with Gasteiger partial charge in [0.2, 0.25) is 0 Å². The van der Waals surface area contributed by atoms with Crippen molar-refractivity contribution in [2.75, 3.05) is 7.11 Å². The molecule has 5 heteroatoms. The quantitative estimate of drug-likeness (QED) is 0.878. The first-order valence-corrected chi connectivity index (χ1v) is 6.79. The van der Waals surface area contributed by atoms with Gasteiger partial charge in [0.1, 0.15) is 17.9 Å². The Morgan fingerprint density at radius 2 is 2.15 bits per heavy atom. The van der Waals surface area contributed by atoms with E-state index < -0.39 is 6.10 Å². The molecule has 0 aliphatic carbocycles. The molecule has 1 unspecified atom stereocenters. The Balaban J connectivity index is 2.11. The molecule has 2 rings (SSSR count). The largest absolute Gasteiger partial charge is 0.497 e. The minimum absolute atomic E-state index is 0.444. The van der Waals surface area contributed by atoms with Crippen molar-refractivity contribution in [3.8, 4) is 5.75 Å². The molecule has 108 valence electrons. The van der Waals surface area contributed by atoms with Crippen LogP contribution in [0.15, 0.2) is 30.6 Å². The molecule has 0 saturated heterocycles. The van der Waals surface area contributed by atoms with Gasteiger partial charge in [-0.2, -0.15) is 5.10 Å². The molecule has 0 aliphatic rings. The third-order valence-electron chi connectivity index (χ3n) is 3.09. The van der Waals surface area contributed by atoms with E-state index in [9.17, 15) is 5.11 Å². The van der Waals surface area contributed by atoms with Crippen LogP contribution in [0.2, 0.25) is 0 Å². The van der Waals surface area contributed by atoms with E-state index in [1.54, 1.807) is 7.11 Å². The summed E-state index contributed by atoms with van der Waals surface area (Å²) in [4.78, 5) is 4.24. The summed E-state index contributed by atoms with van der Waals surface area (Å²) in [6, 6.07) is 7.46. The lowest BCUT2D eigenvalue weighted by Crippen LogP contribution is -2.13. The maximum Gasteiger partial charge on any atom is 0.138 e.